The van der Waals surface area contributed by atoms with Crippen LogP contribution in [0, 0.1) is 6.92 Å². The SMILES string of the molecule is CC(=O)Nc1ccc(B(O)O)c(Cl)c1C. The smallest absolute Gasteiger partial charge is 0.423 e. The number of rotatable bonds is 2. The van der Waals surface area contributed by atoms with Gasteiger partial charge in [-0.25, -0.2) is 0 Å². The lowest BCUT2D eigenvalue weighted by Crippen LogP contribution is -2.31. The van der Waals surface area contributed by atoms with E-state index in [0.29, 0.717) is 11.3 Å². The summed E-state index contributed by atoms with van der Waals surface area (Å²) >= 11 is 5.91. The molecule has 0 saturated carbocycles. The number of anilines is 1. The first kappa shape index (κ1) is 12.0. The minimum Gasteiger partial charge on any atom is -0.423 e. The summed E-state index contributed by atoms with van der Waals surface area (Å²) in [5.74, 6) is -0.202. The Labute approximate surface area is 93.0 Å². The molecule has 15 heavy (non-hydrogen) atoms. The molecule has 0 saturated heterocycles. The summed E-state index contributed by atoms with van der Waals surface area (Å²) in [6.07, 6.45) is 0. The summed E-state index contributed by atoms with van der Waals surface area (Å²) in [4.78, 5) is 10.8. The maximum absolute atomic E-state index is 10.8. The number of hydrogen-bond acceptors (Lipinski definition) is 3. The molecule has 4 nitrogen and oxygen atoms in total. The molecule has 3 N–H and O–H groups in total. The summed E-state index contributed by atoms with van der Waals surface area (Å²) in [5.41, 5.74) is 1.40. The zero-order chi connectivity index (χ0) is 11.6. The summed E-state index contributed by atoms with van der Waals surface area (Å²) in [6.45, 7) is 3.08. The fraction of sp³-hybridized carbons (Fsp3) is 0.222. The fourth-order valence-corrected chi connectivity index (χ4v) is 1.49. The lowest BCUT2D eigenvalue weighted by molar-refractivity contribution is -0.114. The number of nitrogens with one attached hydrogen (secondary N) is 1. The summed E-state index contributed by atoms with van der Waals surface area (Å²) in [7, 11) is -1.61. The highest BCUT2D eigenvalue weighted by Crippen LogP contribution is 2.21. The Morgan fingerprint density at radius 2 is 2.07 bits per heavy atom. The molecular weight excluding hydrogens is 216 g/mol. The molecule has 0 heterocycles. The third kappa shape index (κ3) is 2.71. The van der Waals surface area contributed by atoms with Gasteiger partial charge in [-0.05, 0) is 18.6 Å². The summed E-state index contributed by atoms with van der Waals surface area (Å²) in [6, 6.07) is 3.04. The molecule has 0 bridgehead atoms. The largest absolute Gasteiger partial charge is 0.489 e. The van der Waals surface area contributed by atoms with Gasteiger partial charge in [0.05, 0.1) is 0 Å². The number of halogens is 1. The molecule has 0 spiro atoms. The van der Waals surface area contributed by atoms with E-state index in [2.05, 4.69) is 5.32 Å². The van der Waals surface area contributed by atoms with Crippen molar-refractivity contribution in [3.05, 3.63) is 22.7 Å². The van der Waals surface area contributed by atoms with Crippen LogP contribution in [0.4, 0.5) is 5.69 Å². The van der Waals surface area contributed by atoms with Crippen molar-refractivity contribution >= 4 is 35.8 Å². The molecule has 6 heteroatoms. The molecule has 1 aromatic carbocycles. The normalized spacial score (nSPS) is 9.93. The van der Waals surface area contributed by atoms with Crippen molar-refractivity contribution in [2.45, 2.75) is 13.8 Å². The van der Waals surface area contributed by atoms with E-state index in [-0.39, 0.29) is 16.4 Å². The van der Waals surface area contributed by atoms with Crippen LogP contribution < -0.4 is 10.8 Å². The predicted molar refractivity (Wildman–Crippen MR) is 60.3 cm³/mol. The molecule has 0 atom stereocenters. The van der Waals surface area contributed by atoms with E-state index in [9.17, 15) is 4.79 Å². The maximum atomic E-state index is 10.8. The second-order valence-electron chi connectivity index (χ2n) is 3.20. The van der Waals surface area contributed by atoms with Crippen LogP contribution in [0.5, 0.6) is 0 Å². The number of carbonyl (C=O) groups is 1. The molecule has 0 aromatic heterocycles. The van der Waals surface area contributed by atoms with Crippen LogP contribution in [0.25, 0.3) is 0 Å². The molecular formula is C9H11BClNO3. The van der Waals surface area contributed by atoms with E-state index in [0.717, 1.165) is 0 Å². The van der Waals surface area contributed by atoms with Crippen LogP contribution in [-0.4, -0.2) is 23.1 Å². The molecule has 0 radical (unpaired) electrons. The monoisotopic (exact) mass is 227 g/mol. The molecule has 0 unspecified atom stereocenters. The Morgan fingerprint density at radius 3 is 2.53 bits per heavy atom. The average Bonchev–Trinajstić information content (AvgIpc) is 2.12. The van der Waals surface area contributed by atoms with Crippen molar-refractivity contribution in [3.63, 3.8) is 0 Å². The zero-order valence-electron chi connectivity index (χ0n) is 8.41. The number of amides is 1. The Morgan fingerprint density at radius 1 is 1.47 bits per heavy atom. The van der Waals surface area contributed by atoms with Crippen molar-refractivity contribution in [3.8, 4) is 0 Å². The van der Waals surface area contributed by atoms with Gasteiger partial charge in [0.1, 0.15) is 0 Å². The van der Waals surface area contributed by atoms with E-state index >= 15 is 0 Å². The van der Waals surface area contributed by atoms with Crippen molar-refractivity contribution < 1.29 is 14.8 Å². The third-order valence-corrected chi connectivity index (χ3v) is 2.51. The van der Waals surface area contributed by atoms with E-state index < -0.39 is 7.12 Å². The number of benzene rings is 1. The van der Waals surface area contributed by atoms with Crippen LogP contribution in [0.15, 0.2) is 12.1 Å². The third-order valence-electron chi connectivity index (χ3n) is 2.01. The summed E-state index contributed by atoms with van der Waals surface area (Å²) in [5, 5.41) is 20.8. The first-order chi connectivity index (χ1) is 6.93. The van der Waals surface area contributed by atoms with Crippen LogP contribution in [0.3, 0.4) is 0 Å². The molecule has 0 fully saturated rings. The van der Waals surface area contributed by atoms with Gasteiger partial charge in [0, 0.05) is 23.1 Å². The Hall–Kier alpha value is -1.04. The topological polar surface area (TPSA) is 69.6 Å². The van der Waals surface area contributed by atoms with Crippen molar-refractivity contribution in [1.82, 2.24) is 0 Å². The zero-order valence-corrected chi connectivity index (χ0v) is 9.17. The minimum atomic E-state index is -1.61. The second kappa shape index (κ2) is 4.66. The summed E-state index contributed by atoms with van der Waals surface area (Å²) < 4.78 is 0. The quantitative estimate of drug-likeness (QED) is 0.636. The van der Waals surface area contributed by atoms with E-state index in [1.807, 2.05) is 0 Å². The van der Waals surface area contributed by atoms with Gasteiger partial charge in [-0.1, -0.05) is 17.7 Å². The van der Waals surface area contributed by atoms with Gasteiger partial charge in [0.25, 0.3) is 0 Å². The molecule has 0 aliphatic heterocycles. The highest BCUT2D eigenvalue weighted by molar-refractivity contribution is 6.63. The van der Waals surface area contributed by atoms with Crippen LogP contribution in [-0.2, 0) is 4.79 Å². The molecule has 0 aliphatic rings. The second-order valence-corrected chi connectivity index (χ2v) is 3.57. The molecule has 1 rings (SSSR count). The Bertz CT molecular complexity index is 395. The van der Waals surface area contributed by atoms with E-state index in [1.54, 1.807) is 13.0 Å². The first-order valence-electron chi connectivity index (χ1n) is 4.36. The minimum absolute atomic E-state index is 0.202. The average molecular weight is 227 g/mol. The Balaban J connectivity index is 3.15. The van der Waals surface area contributed by atoms with Crippen molar-refractivity contribution in [1.29, 1.82) is 0 Å². The Kier molecular flexibility index (Phi) is 3.74. The van der Waals surface area contributed by atoms with Gasteiger partial charge in [0.2, 0.25) is 5.91 Å². The van der Waals surface area contributed by atoms with Crippen molar-refractivity contribution in [2.24, 2.45) is 0 Å². The van der Waals surface area contributed by atoms with Gasteiger partial charge in [-0.2, -0.15) is 0 Å². The molecule has 0 aliphatic carbocycles. The van der Waals surface area contributed by atoms with E-state index in [1.165, 1.54) is 13.0 Å². The predicted octanol–water partition coefficient (Wildman–Crippen LogP) is 0.287. The van der Waals surface area contributed by atoms with Gasteiger partial charge in [0.15, 0.2) is 0 Å². The van der Waals surface area contributed by atoms with Crippen LogP contribution in [0.1, 0.15) is 12.5 Å². The number of carbonyl (C=O) groups excluding carboxylic acids is 1. The standard InChI is InChI=1S/C9H11BClNO3/c1-5-8(12-6(2)13)4-3-7(9(5)11)10(14)15/h3-4,14-15H,1-2H3,(H,12,13). The van der Waals surface area contributed by atoms with Gasteiger partial charge in [-0.3, -0.25) is 4.79 Å². The molecule has 1 amide bonds. The van der Waals surface area contributed by atoms with Crippen LogP contribution >= 0.6 is 11.6 Å². The molecule has 1 aromatic rings. The van der Waals surface area contributed by atoms with Crippen LogP contribution in [0.2, 0.25) is 5.02 Å². The highest BCUT2D eigenvalue weighted by Gasteiger charge is 2.18. The van der Waals surface area contributed by atoms with Gasteiger partial charge < -0.3 is 15.4 Å². The fourth-order valence-electron chi connectivity index (χ4n) is 1.23. The van der Waals surface area contributed by atoms with E-state index in [4.69, 9.17) is 21.6 Å². The molecule has 80 valence electrons. The first-order valence-corrected chi connectivity index (χ1v) is 4.74. The maximum Gasteiger partial charge on any atom is 0.489 e. The number of hydrogen-bond donors (Lipinski definition) is 3. The van der Waals surface area contributed by atoms with Gasteiger partial charge in [-0.15, -0.1) is 0 Å². The lowest BCUT2D eigenvalue weighted by Gasteiger charge is -2.11. The lowest BCUT2D eigenvalue weighted by atomic mass is 9.79. The highest BCUT2D eigenvalue weighted by atomic mass is 35.5. The van der Waals surface area contributed by atoms with Crippen molar-refractivity contribution in [2.75, 3.05) is 5.32 Å². The van der Waals surface area contributed by atoms with Gasteiger partial charge >= 0.3 is 7.12 Å².